The molecule has 248 valence electrons. The van der Waals surface area contributed by atoms with Gasteiger partial charge in [0.1, 0.15) is 0 Å². The first-order chi connectivity index (χ1) is 25.5. The summed E-state index contributed by atoms with van der Waals surface area (Å²) in [6, 6.07) is 62.3. The standard InChI is InChI=1S/C48H35N3O/c1-48(2)38-19-6-8-21-42(38)50(43-22-9-7-20-39(43)48)35-27-28-40-37(30-35)36(32-15-4-3-5-16-32)31-41(49-40)33-17-14-18-34(29-33)51-44-23-10-12-25-46(44)52-47-26-13-11-24-45(47)51/h3-31H,1-2H3. The number of hydrogen-bond donors (Lipinski definition) is 0. The zero-order chi connectivity index (χ0) is 34.8. The monoisotopic (exact) mass is 669 g/mol. The maximum Gasteiger partial charge on any atom is 0.151 e. The second-order valence-electron chi connectivity index (χ2n) is 14.0. The molecule has 0 N–H and O–H groups in total. The van der Waals surface area contributed by atoms with E-state index in [0.29, 0.717) is 0 Å². The van der Waals surface area contributed by atoms with E-state index >= 15 is 0 Å². The molecule has 2 aliphatic rings. The minimum atomic E-state index is -0.119. The van der Waals surface area contributed by atoms with Crippen LogP contribution in [0, 0.1) is 0 Å². The third-order valence-corrected chi connectivity index (χ3v) is 10.6. The Morgan fingerprint density at radius 3 is 1.67 bits per heavy atom. The Hall–Kier alpha value is -6.65. The van der Waals surface area contributed by atoms with Gasteiger partial charge in [0.15, 0.2) is 11.5 Å². The van der Waals surface area contributed by atoms with Crippen LogP contribution >= 0.6 is 0 Å². The summed E-state index contributed by atoms with van der Waals surface area (Å²) < 4.78 is 6.30. The van der Waals surface area contributed by atoms with E-state index in [2.05, 4.69) is 175 Å². The molecule has 1 aromatic heterocycles. The van der Waals surface area contributed by atoms with Gasteiger partial charge in [-0.2, -0.15) is 0 Å². The molecule has 0 radical (unpaired) electrons. The highest BCUT2D eigenvalue weighted by Crippen LogP contribution is 2.53. The zero-order valence-corrected chi connectivity index (χ0v) is 29.0. The number of rotatable bonds is 4. The Morgan fingerprint density at radius 2 is 1.00 bits per heavy atom. The van der Waals surface area contributed by atoms with Crippen molar-refractivity contribution in [1.82, 2.24) is 4.98 Å². The van der Waals surface area contributed by atoms with E-state index in [4.69, 9.17) is 9.72 Å². The lowest BCUT2D eigenvalue weighted by molar-refractivity contribution is 0.477. The predicted octanol–water partition coefficient (Wildman–Crippen LogP) is 13.3. The summed E-state index contributed by atoms with van der Waals surface area (Å²) in [5.74, 6) is 1.67. The molecule has 0 atom stereocenters. The van der Waals surface area contributed by atoms with Gasteiger partial charge in [-0.15, -0.1) is 0 Å². The van der Waals surface area contributed by atoms with Crippen LogP contribution in [0.15, 0.2) is 176 Å². The van der Waals surface area contributed by atoms with Crippen LogP contribution < -0.4 is 14.5 Å². The van der Waals surface area contributed by atoms with E-state index in [1.807, 2.05) is 24.3 Å². The number of benzene rings is 7. The predicted molar refractivity (Wildman–Crippen MR) is 214 cm³/mol. The Morgan fingerprint density at radius 1 is 0.462 bits per heavy atom. The number of hydrogen-bond acceptors (Lipinski definition) is 4. The van der Waals surface area contributed by atoms with Crippen LogP contribution in [-0.2, 0) is 5.41 Å². The van der Waals surface area contributed by atoms with Crippen LogP contribution in [0.4, 0.5) is 34.1 Å². The van der Waals surface area contributed by atoms with Gasteiger partial charge in [-0.3, -0.25) is 0 Å². The highest BCUT2D eigenvalue weighted by Gasteiger charge is 2.36. The first kappa shape index (κ1) is 30.2. The maximum atomic E-state index is 6.30. The van der Waals surface area contributed by atoms with Gasteiger partial charge in [0, 0.05) is 27.7 Å². The van der Waals surface area contributed by atoms with E-state index < -0.39 is 0 Å². The third-order valence-electron chi connectivity index (χ3n) is 10.6. The van der Waals surface area contributed by atoms with Gasteiger partial charge in [0.05, 0.1) is 34.0 Å². The van der Waals surface area contributed by atoms with Crippen molar-refractivity contribution < 1.29 is 4.74 Å². The van der Waals surface area contributed by atoms with E-state index in [1.54, 1.807) is 0 Å². The Kier molecular flexibility index (Phi) is 6.80. The van der Waals surface area contributed by atoms with Crippen LogP contribution in [0.2, 0.25) is 0 Å². The quantitative estimate of drug-likeness (QED) is 0.186. The van der Waals surface area contributed by atoms with E-state index in [9.17, 15) is 0 Å². The molecule has 0 bridgehead atoms. The highest BCUT2D eigenvalue weighted by molar-refractivity contribution is 6.00. The lowest BCUT2D eigenvalue weighted by atomic mass is 9.73. The summed E-state index contributed by atoms with van der Waals surface area (Å²) in [4.78, 5) is 10.0. The van der Waals surface area contributed by atoms with Gasteiger partial charge < -0.3 is 14.5 Å². The van der Waals surface area contributed by atoms with Crippen molar-refractivity contribution in [1.29, 1.82) is 0 Å². The topological polar surface area (TPSA) is 28.6 Å². The summed E-state index contributed by atoms with van der Waals surface area (Å²) >= 11 is 0. The molecule has 0 aliphatic carbocycles. The van der Waals surface area contributed by atoms with Gasteiger partial charge in [-0.25, -0.2) is 4.98 Å². The number of pyridine rings is 1. The number of anilines is 6. The molecule has 52 heavy (non-hydrogen) atoms. The molecule has 10 rings (SSSR count). The smallest absolute Gasteiger partial charge is 0.151 e. The number of nitrogens with zero attached hydrogens (tertiary/aromatic N) is 3. The van der Waals surface area contributed by atoms with Crippen molar-refractivity contribution in [2.24, 2.45) is 0 Å². The summed E-state index contributed by atoms with van der Waals surface area (Å²) in [7, 11) is 0. The molecule has 0 amide bonds. The number of aromatic nitrogens is 1. The average Bonchev–Trinajstić information content (AvgIpc) is 3.20. The first-order valence-electron chi connectivity index (χ1n) is 17.8. The second-order valence-corrected chi connectivity index (χ2v) is 14.0. The third kappa shape index (κ3) is 4.72. The van der Waals surface area contributed by atoms with Crippen LogP contribution in [-0.4, -0.2) is 4.98 Å². The van der Waals surface area contributed by atoms with E-state index in [1.165, 1.54) is 22.5 Å². The lowest BCUT2D eigenvalue weighted by Gasteiger charge is -2.42. The van der Waals surface area contributed by atoms with Crippen LogP contribution in [0.5, 0.6) is 11.5 Å². The van der Waals surface area contributed by atoms with Crippen molar-refractivity contribution in [3.63, 3.8) is 0 Å². The highest BCUT2D eigenvalue weighted by atomic mass is 16.5. The molecule has 0 fully saturated rings. The average molecular weight is 670 g/mol. The second kappa shape index (κ2) is 11.7. The van der Waals surface area contributed by atoms with Gasteiger partial charge in [-0.05, 0) is 95.1 Å². The summed E-state index contributed by atoms with van der Waals surface area (Å²) in [5, 5.41) is 1.11. The first-order valence-corrected chi connectivity index (χ1v) is 17.8. The van der Waals surface area contributed by atoms with Crippen molar-refractivity contribution in [3.8, 4) is 33.9 Å². The fraction of sp³-hybridized carbons (Fsp3) is 0.0625. The molecule has 0 saturated carbocycles. The Balaban J connectivity index is 1.14. The van der Waals surface area contributed by atoms with Crippen LogP contribution in [0.1, 0.15) is 25.0 Å². The van der Waals surface area contributed by atoms with Gasteiger partial charge in [0.2, 0.25) is 0 Å². The number of ether oxygens (including phenoxy) is 1. The summed E-state index contributed by atoms with van der Waals surface area (Å²) in [5.41, 5.74) is 14.3. The van der Waals surface area contributed by atoms with Crippen molar-refractivity contribution in [3.05, 3.63) is 187 Å². The van der Waals surface area contributed by atoms with Crippen molar-refractivity contribution in [2.45, 2.75) is 19.3 Å². The molecule has 7 aromatic carbocycles. The van der Waals surface area contributed by atoms with Crippen LogP contribution in [0.3, 0.4) is 0 Å². The Bertz CT molecular complexity index is 2570. The van der Waals surface area contributed by atoms with Gasteiger partial charge in [-0.1, -0.05) is 117 Å². The van der Waals surface area contributed by atoms with E-state index in [-0.39, 0.29) is 5.41 Å². The molecule has 4 heteroatoms. The number of para-hydroxylation sites is 6. The molecule has 0 unspecified atom stereocenters. The summed E-state index contributed by atoms with van der Waals surface area (Å²) in [6.45, 7) is 4.65. The Labute approximate surface area is 303 Å². The molecule has 0 saturated heterocycles. The zero-order valence-electron chi connectivity index (χ0n) is 29.0. The molecule has 2 aliphatic heterocycles. The fourth-order valence-electron chi connectivity index (χ4n) is 8.09. The molecular weight excluding hydrogens is 635 g/mol. The SMILES string of the molecule is CC1(C)c2ccccc2N(c2ccc3nc(-c4cccc(N5c6ccccc6Oc6ccccc65)c4)cc(-c4ccccc4)c3c2)c2ccccc21. The molecule has 4 nitrogen and oxygen atoms in total. The molecular formula is C48H35N3O. The molecule has 8 aromatic rings. The molecule has 0 spiro atoms. The number of fused-ring (bicyclic) bond motifs is 5. The minimum Gasteiger partial charge on any atom is -0.453 e. The van der Waals surface area contributed by atoms with Gasteiger partial charge >= 0.3 is 0 Å². The normalized spacial score (nSPS) is 13.8. The van der Waals surface area contributed by atoms with Crippen LogP contribution in [0.25, 0.3) is 33.3 Å². The maximum absolute atomic E-state index is 6.30. The lowest BCUT2D eigenvalue weighted by Crippen LogP contribution is -2.30. The largest absolute Gasteiger partial charge is 0.453 e. The van der Waals surface area contributed by atoms with Crippen molar-refractivity contribution in [2.75, 3.05) is 9.80 Å². The van der Waals surface area contributed by atoms with E-state index in [0.717, 1.165) is 67.5 Å². The summed E-state index contributed by atoms with van der Waals surface area (Å²) in [6.07, 6.45) is 0. The van der Waals surface area contributed by atoms with Gasteiger partial charge in [0.25, 0.3) is 0 Å². The minimum absolute atomic E-state index is 0.119. The van der Waals surface area contributed by atoms with Crippen molar-refractivity contribution >= 4 is 45.0 Å². The fourth-order valence-corrected chi connectivity index (χ4v) is 8.09. The molecule has 3 heterocycles.